The normalized spacial score (nSPS) is 17.5. The van der Waals surface area contributed by atoms with Gasteiger partial charge in [0.25, 0.3) is 0 Å². The highest BCUT2D eigenvalue weighted by molar-refractivity contribution is 5.54. The summed E-state index contributed by atoms with van der Waals surface area (Å²) in [4.78, 5) is 13.7. The minimum Gasteiger partial charge on any atom is -0.494 e. The van der Waals surface area contributed by atoms with Crippen molar-refractivity contribution < 1.29 is 23.0 Å². The summed E-state index contributed by atoms with van der Waals surface area (Å²) in [5, 5.41) is 3.19. The molecule has 0 saturated carbocycles. The average Bonchev–Trinajstić information content (AvgIpc) is 2.99. The molecule has 2 saturated heterocycles. The fourth-order valence-corrected chi connectivity index (χ4v) is 5.60. The lowest BCUT2D eigenvalue weighted by Crippen LogP contribution is -2.46. The lowest BCUT2D eigenvalue weighted by atomic mass is 9.88. The van der Waals surface area contributed by atoms with Gasteiger partial charge in [-0.2, -0.15) is 0 Å². The molecule has 8 nitrogen and oxygen atoms in total. The van der Waals surface area contributed by atoms with E-state index in [9.17, 15) is 8.78 Å². The molecule has 0 spiro atoms. The van der Waals surface area contributed by atoms with Gasteiger partial charge in [0.2, 0.25) is 5.95 Å². The lowest BCUT2D eigenvalue weighted by Gasteiger charge is -2.41. The molecule has 3 aromatic rings. The van der Waals surface area contributed by atoms with Crippen LogP contribution in [0.3, 0.4) is 0 Å². The number of aromatic nitrogens is 2. The third-order valence-electron chi connectivity index (χ3n) is 8.05. The fourth-order valence-electron chi connectivity index (χ4n) is 5.60. The van der Waals surface area contributed by atoms with Gasteiger partial charge < -0.3 is 29.3 Å². The van der Waals surface area contributed by atoms with E-state index in [2.05, 4.69) is 44.3 Å². The van der Waals surface area contributed by atoms with Gasteiger partial charge >= 0.3 is 0 Å². The third-order valence-corrected chi connectivity index (χ3v) is 8.05. The summed E-state index contributed by atoms with van der Waals surface area (Å²) < 4.78 is 44.6. The van der Waals surface area contributed by atoms with E-state index in [1.165, 1.54) is 84.0 Å². The Bertz CT molecular complexity index is 1230. The quantitative estimate of drug-likeness (QED) is 0.379. The summed E-state index contributed by atoms with van der Waals surface area (Å²) >= 11 is 0. The number of nitrogens with zero attached hydrogens (tertiary/aromatic N) is 4. The Morgan fingerprint density at radius 2 is 1.48 bits per heavy atom. The summed E-state index contributed by atoms with van der Waals surface area (Å²) in [6.45, 7) is 4.38. The number of likely N-dealkylation sites (tertiary alicyclic amines) is 2. The molecule has 2 aromatic carbocycles. The Hall–Kier alpha value is -3.50. The van der Waals surface area contributed by atoms with Gasteiger partial charge in [-0.05, 0) is 82.5 Å². The summed E-state index contributed by atoms with van der Waals surface area (Å²) in [6, 6.07) is 10.4. The number of halogens is 2. The Balaban J connectivity index is 1.13. The van der Waals surface area contributed by atoms with Crippen LogP contribution in [0, 0.1) is 11.6 Å². The minimum atomic E-state index is -0.841. The molecule has 2 fully saturated rings. The van der Waals surface area contributed by atoms with Crippen molar-refractivity contribution in [3.05, 3.63) is 65.5 Å². The molecule has 40 heavy (non-hydrogen) atoms. The van der Waals surface area contributed by atoms with Crippen LogP contribution in [-0.2, 0) is 6.61 Å². The highest BCUT2D eigenvalue weighted by Crippen LogP contribution is 2.33. The summed E-state index contributed by atoms with van der Waals surface area (Å²) in [5.41, 5.74) is 1.95. The Morgan fingerprint density at radius 1 is 0.875 bits per heavy atom. The van der Waals surface area contributed by atoms with Gasteiger partial charge in [-0.25, -0.2) is 18.7 Å². The Kier molecular flexibility index (Phi) is 8.96. The van der Waals surface area contributed by atoms with Crippen LogP contribution in [0.4, 0.5) is 20.4 Å². The fraction of sp³-hybridized carbons (Fsp3) is 0.467. The maximum Gasteiger partial charge on any atom is 0.227 e. The molecule has 2 aliphatic rings. The van der Waals surface area contributed by atoms with E-state index in [1.807, 2.05) is 12.1 Å². The molecule has 10 heteroatoms. The second kappa shape index (κ2) is 12.8. The van der Waals surface area contributed by atoms with Crippen LogP contribution < -0.4 is 19.5 Å². The summed E-state index contributed by atoms with van der Waals surface area (Å²) in [7, 11) is 4.81. The van der Waals surface area contributed by atoms with E-state index in [0.29, 0.717) is 11.9 Å². The number of hydrogen-bond donors (Lipinski definition) is 1. The van der Waals surface area contributed by atoms with Crippen molar-refractivity contribution in [2.24, 2.45) is 0 Å². The predicted molar refractivity (Wildman–Crippen MR) is 150 cm³/mol. The number of piperidine rings is 2. The number of nitrogens with one attached hydrogen (secondary N) is 1. The molecule has 0 amide bonds. The van der Waals surface area contributed by atoms with E-state index in [1.54, 1.807) is 0 Å². The van der Waals surface area contributed by atoms with Crippen molar-refractivity contribution in [2.75, 3.05) is 52.8 Å². The van der Waals surface area contributed by atoms with Crippen molar-refractivity contribution in [2.45, 2.75) is 44.2 Å². The number of anilines is 2. The van der Waals surface area contributed by atoms with Crippen LogP contribution >= 0.6 is 0 Å². The number of ether oxygens (including phenoxy) is 3. The second-order valence-electron chi connectivity index (χ2n) is 10.5. The van der Waals surface area contributed by atoms with Crippen LogP contribution in [0.5, 0.6) is 17.2 Å². The monoisotopic (exact) mass is 553 g/mol. The zero-order valence-electron chi connectivity index (χ0n) is 23.3. The van der Waals surface area contributed by atoms with Crippen molar-refractivity contribution in [1.29, 1.82) is 0 Å². The van der Waals surface area contributed by atoms with Crippen LogP contribution in [0.25, 0.3) is 0 Å². The van der Waals surface area contributed by atoms with Crippen molar-refractivity contribution in [3.63, 3.8) is 0 Å². The molecule has 0 radical (unpaired) electrons. The van der Waals surface area contributed by atoms with Gasteiger partial charge in [-0.15, -0.1) is 0 Å². The predicted octanol–water partition coefficient (Wildman–Crippen LogP) is 5.37. The molecular weight excluding hydrogens is 516 g/mol. The molecule has 214 valence electrons. The topological polar surface area (TPSA) is 72.0 Å². The van der Waals surface area contributed by atoms with Crippen molar-refractivity contribution in [1.82, 2.24) is 19.8 Å². The van der Waals surface area contributed by atoms with E-state index < -0.39 is 11.6 Å². The van der Waals surface area contributed by atoms with Gasteiger partial charge in [0.15, 0.2) is 28.9 Å². The molecular formula is C30H37F2N5O3. The molecule has 5 rings (SSSR count). The zero-order valence-corrected chi connectivity index (χ0v) is 23.3. The molecule has 0 aliphatic carbocycles. The first-order valence-electron chi connectivity index (χ1n) is 13.8. The van der Waals surface area contributed by atoms with Gasteiger partial charge in [0.05, 0.1) is 32.2 Å². The number of hydrogen-bond acceptors (Lipinski definition) is 8. The number of methoxy groups -OCH3 is 2. The standard InChI is InChI=1S/C30H37F2N5O3/c1-36-12-10-23(11-13-36)37-14-8-21(9-15-37)20-4-6-22(7-5-20)35-30-33-17-24(18-34-30)40-19-25-28(31)26(38-2)16-27(39-3)29(25)32/h4-7,16-18,21,23H,8-15,19H2,1-3H3,(H,33,34,35). The molecule has 0 bridgehead atoms. The first kappa shape index (κ1) is 28.0. The van der Waals surface area contributed by atoms with E-state index in [0.717, 1.165) is 17.8 Å². The third kappa shape index (κ3) is 6.45. The molecule has 1 N–H and O–H groups in total. The number of benzene rings is 2. The first-order valence-corrected chi connectivity index (χ1v) is 13.8. The van der Waals surface area contributed by atoms with E-state index >= 15 is 0 Å². The molecule has 2 aliphatic heterocycles. The molecule has 0 atom stereocenters. The summed E-state index contributed by atoms with van der Waals surface area (Å²) in [6.07, 6.45) is 7.86. The maximum absolute atomic E-state index is 14.6. The maximum atomic E-state index is 14.6. The Labute approximate surface area is 234 Å². The average molecular weight is 554 g/mol. The zero-order chi connectivity index (χ0) is 28.1. The van der Waals surface area contributed by atoms with Crippen molar-refractivity contribution in [3.8, 4) is 17.2 Å². The SMILES string of the molecule is COc1cc(OC)c(F)c(COc2cnc(Nc3ccc(C4CCN(C5CCN(C)CC5)CC4)cc3)nc2)c1F. The van der Waals surface area contributed by atoms with Crippen LogP contribution in [0.15, 0.2) is 42.7 Å². The Morgan fingerprint density at radius 3 is 2.05 bits per heavy atom. The van der Waals surface area contributed by atoms with Crippen LogP contribution in [-0.4, -0.2) is 73.3 Å². The highest BCUT2D eigenvalue weighted by atomic mass is 19.1. The molecule has 1 aromatic heterocycles. The number of rotatable bonds is 9. The van der Waals surface area contributed by atoms with Crippen LogP contribution in [0.2, 0.25) is 0 Å². The minimum absolute atomic E-state index is 0.128. The second-order valence-corrected chi connectivity index (χ2v) is 10.5. The summed E-state index contributed by atoms with van der Waals surface area (Å²) in [5.74, 6) is -0.686. The highest BCUT2D eigenvalue weighted by Gasteiger charge is 2.28. The smallest absolute Gasteiger partial charge is 0.227 e. The lowest BCUT2D eigenvalue weighted by molar-refractivity contribution is 0.0966. The van der Waals surface area contributed by atoms with E-state index in [-0.39, 0.29) is 29.4 Å². The van der Waals surface area contributed by atoms with Crippen molar-refractivity contribution >= 4 is 11.6 Å². The van der Waals surface area contributed by atoms with Gasteiger partial charge in [-0.3, -0.25) is 0 Å². The largest absolute Gasteiger partial charge is 0.494 e. The van der Waals surface area contributed by atoms with E-state index in [4.69, 9.17) is 14.2 Å². The van der Waals surface area contributed by atoms with Crippen LogP contribution in [0.1, 0.15) is 42.7 Å². The van der Waals surface area contributed by atoms with Gasteiger partial charge in [0, 0.05) is 17.8 Å². The van der Waals surface area contributed by atoms with Gasteiger partial charge in [-0.1, -0.05) is 12.1 Å². The van der Waals surface area contributed by atoms with Gasteiger partial charge in [0.1, 0.15) is 6.61 Å². The molecule has 3 heterocycles. The molecule has 0 unspecified atom stereocenters. The first-order chi connectivity index (χ1) is 19.4.